The Hall–Kier alpha value is -0.680. The highest BCUT2D eigenvalue weighted by atomic mass is 35.5. The molecule has 0 saturated carbocycles. The van der Waals surface area contributed by atoms with Crippen molar-refractivity contribution >= 4 is 48.0 Å². The molecular formula is C13H20Cl3N3O. The zero-order valence-electron chi connectivity index (χ0n) is 11.3. The van der Waals surface area contributed by atoms with Crippen molar-refractivity contribution in [2.75, 3.05) is 31.1 Å². The zero-order valence-corrected chi connectivity index (χ0v) is 13.7. The first-order valence-electron chi connectivity index (χ1n) is 6.13. The zero-order chi connectivity index (χ0) is 13.1. The van der Waals surface area contributed by atoms with Gasteiger partial charge in [0.2, 0.25) is 5.91 Å². The van der Waals surface area contributed by atoms with Gasteiger partial charge in [0.1, 0.15) is 0 Å². The van der Waals surface area contributed by atoms with E-state index in [-0.39, 0.29) is 30.7 Å². The summed E-state index contributed by atoms with van der Waals surface area (Å²) in [4.78, 5) is 15.8. The fraction of sp³-hybridized carbons (Fsp3) is 0.462. The molecule has 7 heteroatoms. The number of hydrogen-bond donors (Lipinski definition) is 1. The summed E-state index contributed by atoms with van der Waals surface area (Å²) >= 11 is 5.86. The van der Waals surface area contributed by atoms with Crippen LogP contribution in [0.3, 0.4) is 0 Å². The van der Waals surface area contributed by atoms with Gasteiger partial charge in [-0.3, -0.25) is 4.79 Å². The molecule has 1 aromatic rings. The van der Waals surface area contributed by atoms with E-state index in [0.717, 1.165) is 36.9 Å². The van der Waals surface area contributed by atoms with Gasteiger partial charge in [0.25, 0.3) is 0 Å². The summed E-state index contributed by atoms with van der Waals surface area (Å²) in [6.07, 6.45) is 0. The molecule has 1 atom stereocenters. The molecule has 0 aliphatic carbocycles. The second-order valence-electron chi connectivity index (χ2n) is 4.58. The van der Waals surface area contributed by atoms with Gasteiger partial charge in [-0.05, 0) is 31.2 Å². The third-order valence-corrected chi connectivity index (χ3v) is 3.42. The maximum Gasteiger partial charge on any atom is 0.239 e. The van der Waals surface area contributed by atoms with Crippen LogP contribution in [0, 0.1) is 0 Å². The average Bonchev–Trinajstić information content (AvgIpc) is 2.39. The molecule has 1 aliphatic heterocycles. The highest BCUT2D eigenvalue weighted by Gasteiger charge is 2.22. The van der Waals surface area contributed by atoms with Gasteiger partial charge < -0.3 is 15.5 Å². The molecule has 2 N–H and O–H groups in total. The van der Waals surface area contributed by atoms with Crippen LogP contribution in [-0.4, -0.2) is 43.0 Å². The Bertz CT molecular complexity index is 417. The van der Waals surface area contributed by atoms with Gasteiger partial charge in [-0.15, -0.1) is 24.8 Å². The van der Waals surface area contributed by atoms with Crippen LogP contribution in [0.15, 0.2) is 24.3 Å². The Balaban J connectivity index is 0.00000180. The van der Waals surface area contributed by atoms with E-state index < -0.39 is 6.04 Å². The Morgan fingerprint density at radius 1 is 1.15 bits per heavy atom. The van der Waals surface area contributed by atoms with Gasteiger partial charge in [0.15, 0.2) is 0 Å². The first-order valence-corrected chi connectivity index (χ1v) is 6.50. The fourth-order valence-corrected chi connectivity index (χ4v) is 2.25. The van der Waals surface area contributed by atoms with Gasteiger partial charge in [0, 0.05) is 36.9 Å². The van der Waals surface area contributed by atoms with Crippen LogP contribution < -0.4 is 10.6 Å². The Kier molecular flexibility index (Phi) is 8.28. The van der Waals surface area contributed by atoms with E-state index in [1.165, 1.54) is 0 Å². The number of nitrogens with zero attached hydrogens (tertiary/aromatic N) is 2. The number of nitrogens with two attached hydrogens (primary N) is 1. The van der Waals surface area contributed by atoms with Gasteiger partial charge in [-0.1, -0.05) is 11.6 Å². The van der Waals surface area contributed by atoms with E-state index in [4.69, 9.17) is 17.3 Å². The summed E-state index contributed by atoms with van der Waals surface area (Å²) in [7, 11) is 0. The van der Waals surface area contributed by atoms with Crippen LogP contribution >= 0.6 is 36.4 Å². The lowest BCUT2D eigenvalue weighted by Gasteiger charge is -2.36. The topological polar surface area (TPSA) is 49.6 Å². The van der Waals surface area contributed by atoms with E-state index in [9.17, 15) is 4.79 Å². The second-order valence-corrected chi connectivity index (χ2v) is 5.01. The van der Waals surface area contributed by atoms with Crippen molar-refractivity contribution in [1.82, 2.24) is 4.90 Å². The van der Waals surface area contributed by atoms with E-state index in [2.05, 4.69) is 4.90 Å². The summed E-state index contributed by atoms with van der Waals surface area (Å²) < 4.78 is 0. The van der Waals surface area contributed by atoms with E-state index in [1.807, 2.05) is 29.2 Å². The maximum absolute atomic E-state index is 11.8. The molecule has 2 rings (SSSR count). The van der Waals surface area contributed by atoms with Crippen LogP contribution in [0.4, 0.5) is 5.69 Å². The van der Waals surface area contributed by atoms with Crippen LogP contribution in [0.2, 0.25) is 5.02 Å². The minimum absolute atomic E-state index is 0. The van der Waals surface area contributed by atoms with Crippen molar-refractivity contribution in [3.8, 4) is 0 Å². The third kappa shape index (κ3) is 4.70. The summed E-state index contributed by atoms with van der Waals surface area (Å²) in [6.45, 7) is 4.85. The van der Waals surface area contributed by atoms with Crippen LogP contribution in [0.1, 0.15) is 6.92 Å². The predicted molar refractivity (Wildman–Crippen MR) is 88.4 cm³/mol. The fourth-order valence-electron chi connectivity index (χ4n) is 2.12. The third-order valence-electron chi connectivity index (χ3n) is 3.17. The molecule has 1 saturated heterocycles. The van der Waals surface area contributed by atoms with Crippen LogP contribution in [-0.2, 0) is 4.79 Å². The highest BCUT2D eigenvalue weighted by Crippen LogP contribution is 2.19. The molecule has 4 nitrogen and oxygen atoms in total. The molecule has 20 heavy (non-hydrogen) atoms. The minimum Gasteiger partial charge on any atom is -0.368 e. The Morgan fingerprint density at radius 3 is 2.10 bits per heavy atom. The van der Waals surface area contributed by atoms with Crippen molar-refractivity contribution in [2.45, 2.75) is 13.0 Å². The summed E-state index contributed by atoms with van der Waals surface area (Å²) in [6, 6.07) is 7.37. The minimum atomic E-state index is -0.410. The predicted octanol–water partition coefficient (Wildman–Crippen LogP) is 2.18. The molecule has 1 aromatic carbocycles. The first kappa shape index (κ1) is 19.3. The standard InChI is InChI=1S/C13H18ClN3O.2ClH/c1-10(15)13(18)17-8-6-16(7-9-17)12-4-2-11(14)3-5-12;;/h2-5,10H,6-9,15H2,1H3;2*1H/t10-;;/m0../s1. The number of anilines is 1. The van der Waals surface area contributed by atoms with Gasteiger partial charge in [-0.25, -0.2) is 0 Å². The molecule has 0 radical (unpaired) electrons. The van der Waals surface area contributed by atoms with Gasteiger partial charge >= 0.3 is 0 Å². The first-order chi connectivity index (χ1) is 8.58. The molecule has 0 unspecified atom stereocenters. The Labute approximate surface area is 137 Å². The number of piperazine rings is 1. The van der Waals surface area contributed by atoms with E-state index >= 15 is 0 Å². The molecule has 1 heterocycles. The van der Waals surface area contributed by atoms with Crippen molar-refractivity contribution in [3.05, 3.63) is 29.3 Å². The lowest BCUT2D eigenvalue weighted by atomic mass is 10.2. The molecule has 0 aromatic heterocycles. The second kappa shape index (κ2) is 8.57. The van der Waals surface area contributed by atoms with Crippen molar-refractivity contribution in [1.29, 1.82) is 0 Å². The monoisotopic (exact) mass is 339 g/mol. The number of amides is 1. The van der Waals surface area contributed by atoms with Crippen LogP contribution in [0.25, 0.3) is 0 Å². The largest absolute Gasteiger partial charge is 0.368 e. The molecule has 1 fully saturated rings. The molecule has 114 valence electrons. The smallest absolute Gasteiger partial charge is 0.239 e. The summed E-state index contributed by atoms with van der Waals surface area (Å²) in [5.74, 6) is 0.0331. The van der Waals surface area contributed by atoms with Gasteiger partial charge in [0.05, 0.1) is 6.04 Å². The Morgan fingerprint density at radius 2 is 1.65 bits per heavy atom. The maximum atomic E-state index is 11.8. The van der Waals surface area contributed by atoms with Crippen molar-refractivity contribution < 1.29 is 4.79 Å². The SMILES string of the molecule is C[C@H](N)C(=O)N1CCN(c2ccc(Cl)cc2)CC1.Cl.Cl. The van der Waals surface area contributed by atoms with Crippen LogP contribution in [0.5, 0.6) is 0 Å². The molecule has 1 amide bonds. The molecule has 1 aliphatic rings. The number of carbonyl (C=O) groups excluding carboxylic acids is 1. The number of rotatable bonds is 2. The number of benzene rings is 1. The van der Waals surface area contributed by atoms with Crippen molar-refractivity contribution in [2.24, 2.45) is 5.73 Å². The number of hydrogen-bond acceptors (Lipinski definition) is 3. The summed E-state index contributed by atoms with van der Waals surface area (Å²) in [5, 5.41) is 0.740. The van der Waals surface area contributed by atoms with Gasteiger partial charge in [-0.2, -0.15) is 0 Å². The molecule has 0 spiro atoms. The quantitative estimate of drug-likeness (QED) is 0.898. The lowest BCUT2D eigenvalue weighted by Crippen LogP contribution is -2.52. The molecule has 0 bridgehead atoms. The highest BCUT2D eigenvalue weighted by molar-refractivity contribution is 6.30. The van der Waals surface area contributed by atoms with E-state index in [1.54, 1.807) is 6.92 Å². The van der Waals surface area contributed by atoms with Crippen molar-refractivity contribution in [3.63, 3.8) is 0 Å². The van der Waals surface area contributed by atoms with E-state index in [0.29, 0.717) is 0 Å². The number of halogens is 3. The summed E-state index contributed by atoms with van der Waals surface area (Å²) in [5.41, 5.74) is 6.76. The normalized spacial score (nSPS) is 15.9. The number of carbonyl (C=O) groups is 1. The average molecular weight is 341 g/mol. The molecular weight excluding hydrogens is 321 g/mol. The lowest BCUT2D eigenvalue weighted by molar-refractivity contribution is -0.132.